The van der Waals surface area contributed by atoms with E-state index < -0.39 is 11.6 Å². The summed E-state index contributed by atoms with van der Waals surface area (Å²) in [6.45, 7) is 2.24. The van der Waals surface area contributed by atoms with Crippen molar-refractivity contribution >= 4 is 29.2 Å². The second-order valence-corrected chi connectivity index (χ2v) is 11.4. The van der Waals surface area contributed by atoms with Gasteiger partial charge in [0.15, 0.2) is 0 Å². The molecule has 1 aromatic heterocycles. The number of hydrogen-bond acceptors (Lipinski definition) is 5. The van der Waals surface area contributed by atoms with Crippen molar-refractivity contribution in [3.63, 3.8) is 0 Å². The van der Waals surface area contributed by atoms with Crippen LogP contribution in [0.1, 0.15) is 75.9 Å². The summed E-state index contributed by atoms with van der Waals surface area (Å²) in [5.74, 6) is 0.851. The Morgan fingerprint density at radius 1 is 1.05 bits per heavy atom. The van der Waals surface area contributed by atoms with Crippen LogP contribution in [0.2, 0.25) is 10.0 Å². The van der Waals surface area contributed by atoms with Crippen molar-refractivity contribution in [3.05, 3.63) is 104 Å². The molecule has 200 valence electrons. The molecule has 0 amide bonds. The van der Waals surface area contributed by atoms with E-state index in [4.69, 9.17) is 32.5 Å². The van der Waals surface area contributed by atoms with Crippen LogP contribution in [-0.2, 0) is 12.2 Å². The van der Waals surface area contributed by atoms with Gasteiger partial charge in [-0.05, 0) is 80.0 Å². The largest absolute Gasteiger partial charge is 0.489 e. The van der Waals surface area contributed by atoms with Crippen LogP contribution in [-0.4, -0.2) is 21.3 Å². The summed E-state index contributed by atoms with van der Waals surface area (Å²) in [6, 6.07) is 17.9. The zero-order valence-electron chi connectivity index (χ0n) is 21.3. The van der Waals surface area contributed by atoms with Crippen molar-refractivity contribution in [2.75, 3.05) is 0 Å². The number of benzene rings is 3. The molecule has 2 fully saturated rings. The molecule has 2 N–H and O–H groups in total. The van der Waals surface area contributed by atoms with Crippen molar-refractivity contribution in [2.45, 2.75) is 56.7 Å². The molecule has 0 spiro atoms. The summed E-state index contributed by atoms with van der Waals surface area (Å²) < 4.78 is 11.9. The third-order valence-corrected chi connectivity index (χ3v) is 8.45. The van der Waals surface area contributed by atoms with Crippen molar-refractivity contribution in [1.29, 1.82) is 0 Å². The average molecular weight is 564 g/mol. The van der Waals surface area contributed by atoms with Gasteiger partial charge in [-0.2, -0.15) is 0 Å². The lowest BCUT2D eigenvalue weighted by Gasteiger charge is -2.44. The van der Waals surface area contributed by atoms with Gasteiger partial charge in [0, 0.05) is 17.0 Å². The summed E-state index contributed by atoms with van der Waals surface area (Å²) in [4.78, 5) is 11.3. The quantitative estimate of drug-likeness (QED) is 0.226. The molecule has 39 heavy (non-hydrogen) atoms. The molecule has 0 bridgehead atoms. The lowest BCUT2D eigenvalue weighted by Crippen LogP contribution is -2.40. The summed E-state index contributed by atoms with van der Waals surface area (Å²) in [7, 11) is 0. The van der Waals surface area contributed by atoms with E-state index in [0.29, 0.717) is 45.8 Å². The van der Waals surface area contributed by atoms with Crippen LogP contribution in [0.15, 0.2) is 65.2 Å². The molecule has 0 aliphatic heterocycles. The number of aliphatic hydroxyl groups is 1. The zero-order chi connectivity index (χ0) is 27.3. The molecule has 6 nitrogen and oxygen atoms in total. The van der Waals surface area contributed by atoms with Gasteiger partial charge in [0.25, 0.3) is 0 Å². The maximum atomic E-state index is 11.3. The van der Waals surface area contributed by atoms with Crippen LogP contribution in [0.4, 0.5) is 0 Å². The molecule has 2 saturated carbocycles. The van der Waals surface area contributed by atoms with Crippen molar-refractivity contribution in [1.82, 2.24) is 5.16 Å². The van der Waals surface area contributed by atoms with Crippen LogP contribution >= 0.6 is 23.2 Å². The van der Waals surface area contributed by atoms with Crippen molar-refractivity contribution < 1.29 is 24.3 Å². The fraction of sp³-hybridized carbons (Fsp3) is 0.290. The molecule has 2 aliphatic carbocycles. The maximum Gasteiger partial charge on any atom is 0.335 e. The molecule has 0 saturated heterocycles. The molecule has 3 aromatic carbocycles. The molecule has 0 atom stereocenters. The number of aryl methyl sites for hydroxylation is 1. The summed E-state index contributed by atoms with van der Waals surface area (Å²) in [5, 5.41) is 26.0. The minimum absolute atomic E-state index is 0.0578. The predicted octanol–water partition coefficient (Wildman–Crippen LogP) is 7.88. The molecular formula is C31H27Cl2NO5. The molecule has 0 radical (unpaired) electrons. The van der Waals surface area contributed by atoms with Gasteiger partial charge in [-0.3, -0.25) is 0 Å². The normalized spacial score (nSPS) is 20.5. The van der Waals surface area contributed by atoms with E-state index in [9.17, 15) is 15.0 Å². The van der Waals surface area contributed by atoms with Gasteiger partial charge < -0.3 is 19.5 Å². The lowest BCUT2D eigenvalue weighted by atomic mass is 9.65. The maximum absolute atomic E-state index is 11.3. The Bertz CT molecular complexity index is 1550. The lowest BCUT2D eigenvalue weighted by molar-refractivity contribution is -0.0549. The molecule has 1 heterocycles. The third kappa shape index (κ3) is 4.93. The van der Waals surface area contributed by atoms with E-state index in [0.717, 1.165) is 40.9 Å². The molecule has 6 rings (SSSR count). The average Bonchev–Trinajstić information content (AvgIpc) is 3.66. The van der Waals surface area contributed by atoms with Gasteiger partial charge in [-0.15, -0.1) is 0 Å². The fourth-order valence-corrected chi connectivity index (χ4v) is 6.17. The number of hydrogen-bond donors (Lipinski definition) is 2. The monoisotopic (exact) mass is 563 g/mol. The minimum Gasteiger partial charge on any atom is -0.489 e. The SMILES string of the molecule is Cc1cccc(Cl)c1-c1noc(C2CC2)c1COc1ccc(C2(O)CC(c3cccc(C(=O)O)c3)C2)c(Cl)c1. The second kappa shape index (κ2) is 10.0. The second-order valence-electron chi connectivity index (χ2n) is 10.6. The number of aromatic carboxylic acids is 1. The van der Waals surface area contributed by atoms with Gasteiger partial charge in [0.2, 0.25) is 0 Å². The van der Waals surface area contributed by atoms with Gasteiger partial charge in [-0.1, -0.05) is 58.7 Å². The third-order valence-electron chi connectivity index (χ3n) is 7.82. The first-order valence-corrected chi connectivity index (χ1v) is 13.7. The predicted molar refractivity (Wildman–Crippen MR) is 149 cm³/mol. The molecule has 0 unspecified atom stereocenters. The Hall–Kier alpha value is -3.32. The van der Waals surface area contributed by atoms with E-state index in [-0.39, 0.29) is 18.1 Å². The Balaban J connectivity index is 1.19. The summed E-state index contributed by atoms with van der Waals surface area (Å²) in [5.41, 5.74) is 4.14. The first kappa shape index (κ1) is 25.9. The first-order chi connectivity index (χ1) is 18.7. The van der Waals surface area contributed by atoms with Gasteiger partial charge in [0.05, 0.1) is 26.8 Å². The Kier molecular flexibility index (Phi) is 6.66. The number of ether oxygens (including phenoxy) is 1. The highest BCUT2D eigenvalue weighted by Crippen LogP contribution is 2.53. The Morgan fingerprint density at radius 3 is 2.51 bits per heavy atom. The van der Waals surface area contributed by atoms with Crippen LogP contribution in [0.5, 0.6) is 5.75 Å². The molecule has 2 aliphatic rings. The first-order valence-electron chi connectivity index (χ1n) is 13.0. The smallest absolute Gasteiger partial charge is 0.335 e. The topological polar surface area (TPSA) is 92.8 Å². The van der Waals surface area contributed by atoms with Gasteiger partial charge >= 0.3 is 5.97 Å². The minimum atomic E-state index is -1.08. The number of rotatable bonds is 8. The van der Waals surface area contributed by atoms with Crippen molar-refractivity contribution in [2.24, 2.45) is 0 Å². The van der Waals surface area contributed by atoms with E-state index in [1.54, 1.807) is 30.3 Å². The summed E-state index contributed by atoms with van der Waals surface area (Å²) >= 11 is 13.2. The van der Waals surface area contributed by atoms with Crippen molar-refractivity contribution in [3.8, 4) is 17.0 Å². The Morgan fingerprint density at radius 2 is 1.82 bits per heavy atom. The van der Waals surface area contributed by atoms with Gasteiger partial charge in [-0.25, -0.2) is 4.79 Å². The Labute approximate surface area is 236 Å². The molecule has 8 heteroatoms. The van der Waals surface area contributed by atoms with E-state index in [2.05, 4.69) is 5.16 Å². The van der Waals surface area contributed by atoms with Gasteiger partial charge in [0.1, 0.15) is 23.8 Å². The molecule has 4 aromatic rings. The van der Waals surface area contributed by atoms with Crippen LogP contribution < -0.4 is 4.74 Å². The number of carboxylic acids is 1. The highest BCUT2D eigenvalue weighted by atomic mass is 35.5. The van der Waals surface area contributed by atoms with Crippen LogP contribution in [0.25, 0.3) is 11.3 Å². The number of aromatic nitrogens is 1. The highest BCUT2D eigenvalue weighted by Gasteiger charge is 2.45. The number of nitrogens with zero attached hydrogens (tertiary/aromatic N) is 1. The zero-order valence-corrected chi connectivity index (χ0v) is 22.8. The van der Waals surface area contributed by atoms with Crippen LogP contribution in [0.3, 0.4) is 0 Å². The van der Waals surface area contributed by atoms with E-state index in [1.807, 2.05) is 37.3 Å². The number of carboxylic acid groups (broad SMARTS) is 1. The number of carbonyl (C=O) groups is 1. The summed E-state index contributed by atoms with van der Waals surface area (Å²) in [6.07, 6.45) is 3.04. The standard InChI is InChI=1S/C31H27Cl2NO5/c1-17-4-2-7-25(32)27(17)28-23(29(39-34-28)18-8-9-18)16-38-22-10-11-24(26(33)13-22)31(37)14-21(15-31)19-5-3-6-20(12-19)30(35)36/h2-7,10-13,18,21,37H,8-9,14-16H2,1H3,(H,35,36). The fourth-order valence-electron chi connectivity index (χ4n) is 5.51. The van der Waals surface area contributed by atoms with E-state index in [1.165, 1.54) is 0 Å². The number of halogens is 2. The molecular weight excluding hydrogens is 537 g/mol. The van der Waals surface area contributed by atoms with Crippen LogP contribution in [0, 0.1) is 6.92 Å². The highest BCUT2D eigenvalue weighted by molar-refractivity contribution is 6.33. The van der Waals surface area contributed by atoms with E-state index >= 15 is 0 Å².